The van der Waals surface area contributed by atoms with Gasteiger partial charge in [0.25, 0.3) is 0 Å². The fourth-order valence-corrected chi connectivity index (χ4v) is 1.24. The van der Waals surface area contributed by atoms with Crippen LogP contribution in [0.2, 0.25) is 0 Å². The van der Waals surface area contributed by atoms with Crippen molar-refractivity contribution in [3.63, 3.8) is 0 Å². The Morgan fingerprint density at radius 3 is 2.08 bits per heavy atom. The van der Waals surface area contributed by atoms with E-state index < -0.39 is 5.54 Å². The third-order valence-electron chi connectivity index (χ3n) is 2.24. The molecule has 0 saturated carbocycles. The summed E-state index contributed by atoms with van der Waals surface area (Å²) in [6, 6.07) is 0. The second-order valence-corrected chi connectivity index (χ2v) is 3.66. The summed E-state index contributed by atoms with van der Waals surface area (Å²) in [5.74, 6) is -0.142. The minimum absolute atomic E-state index is 0.000370. The maximum Gasteiger partial charge on any atom is 0.248 e. The highest BCUT2D eigenvalue weighted by atomic mass is 16.2. The predicted octanol–water partition coefficient (Wildman–Crippen LogP) is 0.800. The molecule has 1 N–H and O–H groups in total. The van der Waals surface area contributed by atoms with Gasteiger partial charge in [0.2, 0.25) is 5.91 Å². The summed E-state index contributed by atoms with van der Waals surface area (Å²) in [4.78, 5) is 22.8. The SMILES string of the molecule is CC1=C(C)C(=O)C(C)(C)NC1=O. The first-order valence-electron chi connectivity index (χ1n) is 3.91. The van der Waals surface area contributed by atoms with E-state index in [1.165, 1.54) is 0 Å². The Labute approximate surface area is 71.8 Å². The van der Waals surface area contributed by atoms with Crippen molar-refractivity contribution >= 4 is 11.7 Å². The largest absolute Gasteiger partial charge is 0.340 e. The summed E-state index contributed by atoms with van der Waals surface area (Å²) in [6.45, 7) is 6.78. The monoisotopic (exact) mass is 167 g/mol. The van der Waals surface area contributed by atoms with E-state index in [4.69, 9.17) is 0 Å². The first kappa shape index (κ1) is 8.97. The molecule has 0 bridgehead atoms. The molecule has 0 aromatic heterocycles. The topological polar surface area (TPSA) is 46.2 Å². The molecule has 3 heteroatoms. The van der Waals surface area contributed by atoms with Crippen LogP contribution in [0.15, 0.2) is 11.1 Å². The molecule has 1 amide bonds. The lowest BCUT2D eigenvalue weighted by atomic mass is 9.87. The second-order valence-electron chi connectivity index (χ2n) is 3.66. The molecule has 1 heterocycles. The lowest BCUT2D eigenvalue weighted by Crippen LogP contribution is -2.54. The van der Waals surface area contributed by atoms with E-state index in [2.05, 4.69) is 5.32 Å². The zero-order chi connectivity index (χ0) is 9.52. The summed E-state index contributed by atoms with van der Waals surface area (Å²) < 4.78 is 0. The Morgan fingerprint density at radius 1 is 1.08 bits per heavy atom. The number of amides is 1. The van der Waals surface area contributed by atoms with Crippen LogP contribution in [0.4, 0.5) is 0 Å². The van der Waals surface area contributed by atoms with E-state index in [0.29, 0.717) is 11.1 Å². The summed E-state index contributed by atoms with van der Waals surface area (Å²) in [5, 5.41) is 2.64. The molecule has 1 aliphatic heterocycles. The van der Waals surface area contributed by atoms with Crippen LogP contribution >= 0.6 is 0 Å². The fourth-order valence-electron chi connectivity index (χ4n) is 1.24. The molecule has 0 fully saturated rings. The number of rotatable bonds is 0. The first-order valence-corrected chi connectivity index (χ1v) is 3.91. The molecule has 0 aromatic rings. The number of carbonyl (C=O) groups is 2. The number of hydrogen-bond acceptors (Lipinski definition) is 2. The standard InChI is InChI=1S/C9H13NO2/c1-5-6(2)8(12)10-9(3,4)7(5)11/h1-4H3,(H,10,12). The molecule has 0 saturated heterocycles. The van der Waals surface area contributed by atoms with E-state index in [1.54, 1.807) is 27.7 Å². The van der Waals surface area contributed by atoms with Crippen LogP contribution < -0.4 is 5.32 Å². The van der Waals surface area contributed by atoms with Gasteiger partial charge >= 0.3 is 0 Å². The van der Waals surface area contributed by atoms with Crippen molar-refractivity contribution in [3.8, 4) is 0 Å². The van der Waals surface area contributed by atoms with Crippen LogP contribution in [0.3, 0.4) is 0 Å². The van der Waals surface area contributed by atoms with Crippen molar-refractivity contribution in [2.75, 3.05) is 0 Å². The van der Waals surface area contributed by atoms with Crippen molar-refractivity contribution in [3.05, 3.63) is 11.1 Å². The summed E-state index contributed by atoms with van der Waals surface area (Å²) in [5.41, 5.74) is 0.365. The van der Waals surface area contributed by atoms with Gasteiger partial charge in [0.15, 0.2) is 5.78 Å². The molecule has 0 aromatic carbocycles. The highest BCUT2D eigenvalue weighted by Crippen LogP contribution is 2.19. The van der Waals surface area contributed by atoms with Gasteiger partial charge in [-0.1, -0.05) is 0 Å². The number of carbonyl (C=O) groups excluding carboxylic acids is 2. The number of Topliss-reactive ketones (excluding diaryl/α,β-unsaturated/α-hetero) is 1. The Balaban J connectivity index is 3.19. The fraction of sp³-hybridized carbons (Fsp3) is 0.556. The van der Waals surface area contributed by atoms with Gasteiger partial charge in [0, 0.05) is 11.1 Å². The molecule has 0 unspecified atom stereocenters. The molecule has 0 spiro atoms. The third-order valence-corrected chi connectivity index (χ3v) is 2.24. The molecular weight excluding hydrogens is 154 g/mol. The quantitative estimate of drug-likeness (QED) is 0.580. The van der Waals surface area contributed by atoms with Gasteiger partial charge in [0.1, 0.15) is 0 Å². The molecule has 3 nitrogen and oxygen atoms in total. The van der Waals surface area contributed by atoms with E-state index in [0.717, 1.165) is 0 Å². The van der Waals surface area contributed by atoms with Gasteiger partial charge in [0.05, 0.1) is 5.54 Å². The zero-order valence-corrected chi connectivity index (χ0v) is 7.82. The van der Waals surface area contributed by atoms with E-state index in [-0.39, 0.29) is 11.7 Å². The van der Waals surface area contributed by atoms with Crippen molar-refractivity contribution in [1.82, 2.24) is 5.32 Å². The Morgan fingerprint density at radius 2 is 1.58 bits per heavy atom. The van der Waals surface area contributed by atoms with Crippen LogP contribution in [0, 0.1) is 0 Å². The van der Waals surface area contributed by atoms with Gasteiger partial charge in [-0.15, -0.1) is 0 Å². The van der Waals surface area contributed by atoms with E-state index in [1.807, 2.05) is 0 Å². The Bertz CT molecular complexity index is 287. The molecular formula is C9H13NO2. The molecule has 12 heavy (non-hydrogen) atoms. The van der Waals surface area contributed by atoms with E-state index >= 15 is 0 Å². The van der Waals surface area contributed by atoms with Crippen molar-refractivity contribution in [2.45, 2.75) is 33.2 Å². The predicted molar refractivity (Wildman–Crippen MR) is 45.6 cm³/mol. The lowest BCUT2D eigenvalue weighted by molar-refractivity contribution is -0.129. The molecule has 0 atom stereocenters. The lowest BCUT2D eigenvalue weighted by Gasteiger charge is -2.30. The van der Waals surface area contributed by atoms with Crippen LogP contribution in [0.5, 0.6) is 0 Å². The maximum atomic E-state index is 11.5. The smallest absolute Gasteiger partial charge is 0.248 e. The average Bonchev–Trinajstić information content (AvgIpc) is 1.97. The van der Waals surface area contributed by atoms with Crippen molar-refractivity contribution in [1.29, 1.82) is 0 Å². The molecule has 66 valence electrons. The number of hydrogen-bond donors (Lipinski definition) is 1. The second kappa shape index (κ2) is 2.44. The van der Waals surface area contributed by atoms with Crippen LogP contribution in [0.25, 0.3) is 0 Å². The normalized spacial score (nSPS) is 22.7. The number of ketones is 1. The minimum atomic E-state index is -0.735. The maximum absolute atomic E-state index is 11.5. The van der Waals surface area contributed by atoms with Crippen LogP contribution in [-0.2, 0) is 9.59 Å². The van der Waals surface area contributed by atoms with Crippen LogP contribution in [0.1, 0.15) is 27.7 Å². The third kappa shape index (κ3) is 1.15. The molecule has 1 rings (SSSR count). The number of nitrogens with one attached hydrogen (secondary N) is 1. The summed E-state index contributed by atoms with van der Waals surface area (Å²) in [7, 11) is 0. The Kier molecular flexibility index (Phi) is 1.82. The average molecular weight is 167 g/mol. The van der Waals surface area contributed by atoms with Crippen molar-refractivity contribution in [2.24, 2.45) is 0 Å². The van der Waals surface area contributed by atoms with Gasteiger partial charge in [-0.2, -0.15) is 0 Å². The van der Waals surface area contributed by atoms with Crippen LogP contribution in [-0.4, -0.2) is 17.2 Å². The van der Waals surface area contributed by atoms with Gasteiger partial charge in [-0.05, 0) is 27.7 Å². The zero-order valence-electron chi connectivity index (χ0n) is 7.82. The first-order chi connectivity index (χ1) is 5.36. The van der Waals surface area contributed by atoms with Gasteiger partial charge in [-0.3, -0.25) is 9.59 Å². The van der Waals surface area contributed by atoms with E-state index in [9.17, 15) is 9.59 Å². The highest BCUT2D eigenvalue weighted by Gasteiger charge is 2.36. The minimum Gasteiger partial charge on any atom is -0.340 e. The van der Waals surface area contributed by atoms with Gasteiger partial charge < -0.3 is 5.32 Å². The molecule has 0 aliphatic carbocycles. The highest BCUT2D eigenvalue weighted by molar-refractivity contribution is 6.14. The summed E-state index contributed by atoms with van der Waals surface area (Å²) >= 11 is 0. The van der Waals surface area contributed by atoms with Crippen molar-refractivity contribution < 1.29 is 9.59 Å². The Hall–Kier alpha value is -1.12. The molecule has 0 radical (unpaired) electrons. The summed E-state index contributed by atoms with van der Waals surface area (Å²) in [6.07, 6.45) is 0. The van der Waals surface area contributed by atoms with Gasteiger partial charge in [-0.25, -0.2) is 0 Å². The molecule has 1 aliphatic rings.